The average molecular weight is 189 g/mol. The molecule has 0 unspecified atom stereocenters. The average Bonchev–Trinajstić information content (AvgIpc) is 2.37. The van der Waals surface area contributed by atoms with E-state index in [1.165, 1.54) is 0 Å². The van der Waals surface area contributed by atoms with Crippen LogP contribution < -0.4 is 5.32 Å². The summed E-state index contributed by atoms with van der Waals surface area (Å²) in [6, 6.07) is 0. The van der Waals surface area contributed by atoms with Crippen LogP contribution in [0.4, 0.5) is 0 Å². The van der Waals surface area contributed by atoms with Gasteiger partial charge in [0.05, 0.1) is 0 Å². The molecule has 3 N–H and O–H groups in total. The van der Waals surface area contributed by atoms with E-state index in [0.29, 0.717) is 0 Å². The second-order valence-corrected chi connectivity index (χ2v) is 2.42. The lowest BCUT2D eigenvalue weighted by Crippen LogP contribution is -2.12. The van der Waals surface area contributed by atoms with E-state index >= 15 is 0 Å². The van der Waals surface area contributed by atoms with Crippen molar-refractivity contribution in [3.05, 3.63) is 0 Å². The molecule has 0 atom stereocenters. The van der Waals surface area contributed by atoms with Crippen LogP contribution in [0.1, 0.15) is 19.3 Å². The van der Waals surface area contributed by atoms with Gasteiger partial charge in [0.2, 0.25) is 5.91 Å². The third kappa shape index (κ3) is 8.32. The number of amides is 1. The van der Waals surface area contributed by atoms with Gasteiger partial charge in [-0.25, -0.2) is 0 Å². The third-order valence-corrected chi connectivity index (χ3v) is 1.21. The fourth-order valence-corrected chi connectivity index (χ4v) is 0.695. The second-order valence-electron chi connectivity index (χ2n) is 2.42. The molecular weight excluding hydrogens is 178 g/mol. The summed E-state index contributed by atoms with van der Waals surface area (Å²) in [7, 11) is 0. The van der Waals surface area contributed by atoms with Gasteiger partial charge < -0.3 is 15.5 Å². The highest BCUT2D eigenvalue weighted by molar-refractivity contribution is 5.88. The predicted octanol–water partition coefficient (Wildman–Crippen LogP) is -0.558. The van der Waals surface area contributed by atoms with E-state index in [0.717, 1.165) is 19.4 Å². The first-order valence-corrected chi connectivity index (χ1v) is 3.72. The van der Waals surface area contributed by atoms with Gasteiger partial charge >= 0.3 is 11.9 Å². The molecule has 6 heteroatoms. The topological polar surface area (TPSA) is 104 Å². The van der Waals surface area contributed by atoms with E-state index < -0.39 is 18.4 Å². The number of aliphatic carboxylic acids is 2. The predicted molar refractivity (Wildman–Crippen MR) is 42.1 cm³/mol. The zero-order valence-electron chi connectivity index (χ0n) is 6.95. The molecule has 1 saturated heterocycles. The largest absolute Gasteiger partial charge is 0.481 e. The molecule has 1 rings (SSSR count). The lowest BCUT2D eigenvalue weighted by atomic mass is 10.4. The molecule has 6 nitrogen and oxygen atoms in total. The maximum Gasteiger partial charge on any atom is 0.314 e. The number of carboxylic acids is 2. The van der Waals surface area contributed by atoms with Crippen molar-refractivity contribution in [3.8, 4) is 0 Å². The van der Waals surface area contributed by atoms with Crippen LogP contribution in [0.2, 0.25) is 0 Å². The van der Waals surface area contributed by atoms with E-state index in [2.05, 4.69) is 5.32 Å². The molecule has 0 aromatic carbocycles. The molecule has 1 amide bonds. The lowest BCUT2D eigenvalue weighted by molar-refractivity contribution is -0.147. The number of carboxylic acid groups (broad SMARTS) is 2. The first kappa shape index (κ1) is 11.4. The lowest BCUT2D eigenvalue weighted by Gasteiger charge is -1.80. The first-order chi connectivity index (χ1) is 6.02. The second kappa shape index (κ2) is 5.99. The normalized spacial score (nSPS) is 14.0. The zero-order valence-corrected chi connectivity index (χ0v) is 6.95. The quantitative estimate of drug-likeness (QED) is 0.505. The summed E-state index contributed by atoms with van der Waals surface area (Å²) in [4.78, 5) is 29.0. The SMILES string of the molecule is O=C(O)CC(=O)O.O=C1CCCN1. The van der Waals surface area contributed by atoms with Crippen LogP contribution in [0.25, 0.3) is 0 Å². The standard InChI is InChI=1S/C4H7NO.C3H4O4/c6-4-2-1-3-5-4;4-2(5)1-3(6)7/h1-3H2,(H,5,6);1H2,(H,4,5)(H,6,7). The minimum Gasteiger partial charge on any atom is -0.481 e. The van der Waals surface area contributed by atoms with Crippen LogP contribution in [0.3, 0.4) is 0 Å². The summed E-state index contributed by atoms with van der Waals surface area (Å²) in [5.41, 5.74) is 0. The highest BCUT2D eigenvalue weighted by Gasteiger charge is 2.05. The summed E-state index contributed by atoms with van der Waals surface area (Å²) in [6.07, 6.45) is 0.957. The van der Waals surface area contributed by atoms with Crippen LogP contribution in [0, 0.1) is 0 Å². The van der Waals surface area contributed by atoms with Crippen molar-refractivity contribution in [3.63, 3.8) is 0 Å². The highest BCUT2D eigenvalue weighted by Crippen LogP contribution is 1.93. The van der Waals surface area contributed by atoms with Gasteiger partial charge in [-0.2, -0.15) is 0 Å². The molecule has 0 spiro atoms. The van der Waals surface area contributed by atoms with Gasteiger partial charge in [-0.15, -0.1) is 0 Å². The molecule has 1 aliphatic heterocycles. The van der Waals surface area contributed by atoms with Crippen molar-refractivity contribution in [1.29, 1.82) is 0 Å². The number of hydrogen-bond acceptors (Lipinski definition) is 3. The zero-order chi connectivity index (χ0) is 10.3. The third-order valence-electron chi connectivity index (χ3n) is 1.21. The molecule has 0 saturated carbocycles. The van der Waals surface area contributed by atoms with Crippen molar-refractivity contribution >= 4 is 17.8 Å². The van der Waals surface area contributed by atoms with Crippen molar-refractivity contribution in [2.45, 2.75) is 19.3 Å². The summed E-state index contributed by atoms with van der Waals surface area (Å²) in [5.74, 6) is -2.42. The van der Waals surface area contributed by atoms with Crippen molar-refractivity contribution in [2.24, 2.45) is 0 Å². The Morgan fingerprint density at radius 1 is 1.31 bits per heavy atom. The Labute approximate surface area is 74.6 Å². The molecule has 13 heavy (non-hydrogen) atoms. The summed E-state index contributed by atoms with van der Waals surface area (Å²) in [5, 5.41) is 18.1. The molecule has 0 aliphatic carbocycles. The molecule has 1 fully saturated rings. The van der Waals surface area contributed by atoms with Gasteiger partial charge in [-0.05, 0) is 6.42 Å². The van der Waals surface area contributed by atoms with Gasteiger partial charge in [-0.3, -0.25) is 14.4 Å². The summed E-state index contributed by atoms with van der Waals surface area (Å²) >= 11 is 0. The number of carbonyl (C=O) groups is 3. The van der Waals surface area contributed by atoms with E-state index in [4.69, 9.17) is 10.2 Å². The van der Waals surface area contributed by atoms with E-state index in [1.54, 1.807) is 0 Å². The Morgan fingerprint density at radius 3 is 1.92 bits per heavy atom. The Kier molecular flexibility index (Phi) is 5.25. The molecule has 1 heterocycles. The van der Waals surface area contributed by atoms with Gasteiger partial charge in [0.25, 0.3) is 0 Å². The Hall–Kier alpha value is -1.59. The molecular formula is C7H11NO5. The minimum atomic E-state index is -1.31. The number of rotatable bonds is 2. The van der Waals surface area contributed by atoms with Crippen molar-refractivity contribution < 1.29 is 24.6 Å². The van der Waals surface area contributed by atoms with E-state index in [9.17, 15) is 14.4 Å². The Bertz CT molecular complexity index is 193. The highest BCUT2D eigenvalue weighted by atomic mass is 16.4. The minimum absolute atomic E-state index is 0.204. The summed E-state index contributed by atoms with van der Waals surface area (Å²) < 4.78 is 0. The molecule has 0 aromatic heterocycles. The molecule has 0 aromatic rings. The fraction of sp³-hybridized carbons (Fsp3) is 0.571. The van der Waals surface area contributed by atoms with Crippen LogP contribution >= 0.6 is 0 Å². The fourth-order valence-electron chi connectivity index (χ4n) is 0.695. The van der Waals surface area contributed by atoms with Crippen LogP contribution in [-0.2, 0) is 14.4 Å². The van der Waals surface area contributed by atoms with Gasteiger partial charge in [0.1, 0.15) is 6.42 Å². The molecule has 74 valence electrons. The maximum absolute atomic E-state index is 10.1. The number of carbonyl (C=O) groups excluding carboxylic acids is 1. The van der Waals surface area contributed by atoms with Crippen molar-refractivity contribution in [2.75, 3.05) is 6.54 Å². The first-order valence-electron chi connectivity index (χ1n) is 3.72. The van der Waals surface area contributed by atoms with E-state index in [1.807, 2.05) is 0 Å². The Balaban J connectivity index is 0.000000223. The van der Waals surface area contributed by atoms with E-state index in [-0.39, 0.29) is 5.91 Å². The molecule has 1 aliphatic rings. The van der Waals surface area contributed by atoms with Gasteiger partial charge in [-0.1, -0.05) is 0 Å². The monoisotopic (exact) mass is 189 g/mol. The van der Waals surface area contributed by atoms with Crippen LogP contribution in [-0.4, -0.2) is 34.6 Å². The maximum atomic E-state index is 10.1. The molecule has 0 bridgehead atoms. The van der Waals surface area contributed by atoms with Crippen molar-refractivity contribution in [1.82, 2.24) is 5.32 Å². The molecule has 0 radical (unpaired) electrons. The summed E-state index contributed by atoms with van der Waals surface area (Å²) in [6.45, 7) is 0.888. The van der Waals surface area contributed by atoms with Crippen LogP contribution in [0.5, 0.6) is 0 Å². The number of nitrogens with one attached hydrogen (secondary N) is 1. The van der Waals surface area contributed by atoms with Crippen LogP contribution in [0.15, 0.2) is 0 Å². The smallest absolute Gasteiger partial charge is 0.314 e. The Morgan fingerprint density at radius 2 is 1.85 bits per heavy atom. The number of hydrogen-bond donors (Lipinski definition) is 3. The van der Waals surface area contributed by atoms with Gasteiger partial charge in [0, 0.05) is 13.0 Å². The van der Waals surface area contributed by atoms with Gasteiger partial charge in [0.15, 0.2) is 0 Å².